The first-order valence-electron chi connectivity index (χ1n) is 8.42. The maximum absolute atomic E-state index is 13.5. The molecule has 0 spiro atoms. The van der Waals surface area contributed by atoms with Gasteiger partial charge in [0.1, 0.15) is 23.4 Å². The Bertz CT molecular complexity index is 1110. The van der Waals surface area contributed by atoms with Crippen molar-refractivity contribution in [3.05, 3.63) is 77.0 Å². The van der Waals surface area contributed by atoms with Gasteiger partial charge >= 0.3 is 0 Å². The Balaban J connectivity index is 1.88. The monoisotopic (exact) mass is 381 g/mol. The highest BCUT2D eigenvalue weighted by atomic mass is 19.1. The molecule has 2 aromatic carbocycles. The predicted octanol–water partition coefficient (Wildman–Crippen LogP) is 3.21. The van der Waals surface area contributed by atoms with Crippen molar-refractivity contribution < 1.29 is 14.0 Å². The molecular formula is C20H17F2N5O. The second-order valence-corrected chi connectivity index (χ2v) is 6.85. The third kappa shape index (κ3) is 4.04. The van der Waals surface area contributed by atoms with Gasteiger partial charge in [0.15, 0.2) is 0 Å². The fraction of sp³-hybridized carbons (Fsp3) is 0.200. The van der Waals surface area contributed by atoms with Crippen LogP contribution in [0.15, 0.2) is 53.7 Å². The molecule has 0 radical (unpaired) electrons. The molecule has 0 amide bonds. The zero-order valence-corrected chi connectivity index (χ0v) is 15.3. The van der Waals surface area contributed by atoms with E-state index in [4.69, 9.17) is 5.26 Å². The highest BCUT2D eigenvalue weighted by Crippen LogP contribution is 2.23. The van der Waals surface area contributed by atoms with Crippen LogP contribution in [0.2, 0.25) is 0 Å². The van der Waals surface area contributed by atoms with E-state index in [1.165, 1.54) is 30.5 Å². The zero-order chi connectivity index (χ0) is 20.3. The molecule has 3 aromatic rings. The summed E-state index contributed by atoms with van der Waals surface area (Å²) in [6.07, 6.45) is 1.38. The largest absolute Gasteiger partial charge is 0.409 e. The van der Waals surface area contributed by atoms with Crippen molar-refractivity contribution in [1.29, 1.82) is 5.26 Å². The molecule has 6 nitrogen and oxygen atoms in total. The first-order chi connectivity index (χ1) is 13.3. The molecule has 1 aromatic heterocycles. The van der Waals surface area contributed by atoms with Crippen LogP contribution in [0, 0.1) is 23.0 Å². The lowest BCUT2D eigenvalue weighted by atomic mass is 9.85. The third-order valence-electron chi connectivity index (χ3n) is 4.31. The van der Waals surface area contributed by atoms with Crippen molar-refractivity contribution in [2.45, 2.75) is 19.3 Å². The van der Waals surface area contributed by atoms with Crippen LogP contribution in [0.25, 0.3) is 11.3 Å². The number of hydrogen-bond donors (Lipinski definition) is 1. The first kappa shape index (κ1) is 19.2. The van der Waals surface area contributed by atoms with Crippen LogP contribution >= 0.6 is 0 Å². The zero-order valence-electron chi connectivity index (χ0n) is 15.3. The minimum Gasteiger partial charge on any atom is -0.409 e. The van der Waals surface area contributed by atoms with E-state index in [0.717, 1.165) is 11.6 Å². The summed E-state index contributed by atoms with van der Waals surface area (Å²) in [5, 5.41) is 23.0. The Kier molecular flexibility index (Phi) is 5.18. The molecule has 0 fully saturated rings. The van der Waals surface area contributed by atoms with E-state index in [-0.39, 0.29) is 29.2 Å². The van der Waals surface area contributed by atoms with Gasteiger partial charge in [-0.3, -0.25) is 0 Å². The number of rotatable bonds is 4. The van der Waals surface area contributed by atoms with Crippen molar-refractivity contribution >= 4 is 0 Å². The molecule has 0 saturated heterocycles. The van der Waals surface area contributed by atoms with Crippen LogP contribution in [-0.4, -0.2) is 26.7 Å². The quantitative estimate of drug-likeness (QED) is 0.703. The molecule has 0 aliphatic heterocycles. The molecular weight excluding hydrogens is 364 g/mol. The molecule has 0 aliphatic rings. The topological polar surface area (TPSA) is 87.1 Å². The van der Waals surface area contributed by atoms with Crippen molar-refractivity contribution in [3.8, 4) is 17.3 Å². The van der Waals surface area contributed by atoms with Crippen LogP contribution < -0.4 is 5.62 Å². The molecule has 1 N–H and O–H groups in total. The fourth-order valence-corrected chi connectivity index (χ4v) is 2.61. The first-order valence-corrected chi connectivity index (χ1v) is 8.42. The molecule has 3 rings (SSSR count). The Morgan fingerprint density at radius 3 is 2.54 bits per heavy atom. The summed E-state index contributed by atoms with van der Waals surface area (Å²) in [6, 6.07) is 11.8. The molecule has 0 bridgehead atoms. The summed E-state index contributed by atoms with van der Waals surface area (Å²) < 4.78 is 26.6. The maximum atomic E-state index is 13.5. The Morgan fingerprint density at radius 1 is 1.18 bits per heavy atom. The van der Waals surface area contributed by atoms with E-state index in [9.17, 15) is 14.0 Å². The lowest BCUT2D eigenvalue weighted by molar-refractivity contribution is 0.126. The molecule has 0 atom stereocenters. The van der Waals surface area contributed by atoms with Gasteiger partial charge in [-0.2, -0.15) is 5.26 Å². The summed E-state index contributed by atoms with van der Waals surface area (Å²) >= 11 is 0. The standard InChI is InChI=1S/C20H17F2N5O/c1-20(2,15-4-6-16(21)7-5-15)12-25-19-24-11-18(26-27(19)28)13-3-8-17(22)14(9-13)10-23/h3-9,11,28H,12H2,1-2H3. The van der Waals surface area contributed by atoms with E-state index < -0.39 is 11.2 Å². The Hall–Kier alpha value is -3.60. The number of aromatic nitrogens is 3. The minimum atomic E-state index is -0.634. The lowest BCUT2D eigenvalue weighted by Gasteiger charge is -2.22. The van der Waals surface area contributed by atoms with E-state index in [0.29, 0.717) is 10.4 Å². The number of benzene rings is 2. The van der Waals surface area contributed by atoms with E-state index in [1.54, 1.807) is 18.2 Å². The van der Waals surface area contributed by atoms with E-state index in [2.05, 4.69) is 15.1 Å². The lowest BCUT2D eigenvalue weighted by Crippen LogP contribution is -2.29. The van der Waals surface area contributed by atoms with E-state index in [1.807, 2.05) is 13.8 Å². The SMILES string of the molecule is CC(C)(CN=c1ncc(-c2ccc(F)c(C#N)c2)nn1O)c1ccc(F)cc1. The number of halogens is 2. The molecule has 142 valence electrons. The minimum absolute atomic E-state index is 0.0124. The molecule has 28 heavy (non-hydrogen) atoms. The fourth-order valence-electron chi connectivity index (χ4n) is 2.61. The summed E-state index contributed by atoms with van der Waals surface area (Å²) in [5.41, 5.74) is 1.03. The number of nitrogens with zero attached hydrogens (tertiary/aromatic N) is 5. The van der Waals surface area contributed by atoms with Gasteiger partial charge in [0.25, 0.3) is 5.62 Å². The van der Waals surface area contributed by atoms with Crippen LogP contribution in [0.1, 0.15) is 25.0 Å². The van der Waals surface area contributed by atoms with Crippen molar-refractivity contribution in [3.63, 3.8) is 0 Å². The van der Waals surface area contributed by atoms with Crippen molar-refractivity contribution in [2.75, 3.05) is 6.54 Å². The molecule has 1 heterocycles. The second-order valence-electron chi connectivity index (χ2n) is 6.85. The van der Waals surface area contributed by atoms with E-state index >= 15 is 0 Å². The molecule has 0 unspecified atom stereocenters. The van der Waals surface area contributed by atoms with Gasteiger partial charge in [0.05, 0.1) is 18.3 Å². The molecule has 0 saturated carbocycles. The average molecular weight is 381 g/mol. The van der Waals surface area contributed by atoms with Crippen molar-refractivity contribution in [1.82, 2.24) is 14.9 Å². The third-order valence-corrected chi connectivity index (χ3v) is 4.31. The normalized spacial score (nSPS) is 12.0. The smallest absolute Gasteiger partial charge is 0.279 e. The summed E-state index contributed by atoms with van der Waals surface area (Å²) in [4.78, 5) is 8.92. The van der Waals surface area contributed by atoms with Crippen molar-refractivity contribution in [2.24, 2.45) is 4.99 Å². The van der Waals surface area contributed by atoms with Gasteiger partial charge < -0.3 is 5.21 Å². The van der Waals surface area contributed by atoms with Crippen LogP contribution in [-0.2, 0) is 5.41 Å². The van der Waals surface area contributed by atoms with Crippen LogP contribution in [0.3, 0.4) is 0 Å². The summed E-state index contributed by atoms with van der Waals surface area (Å²) in [6.45, 7) is 4.16. The number of nitriles is 1. The number of hydrogen-bond acceptors (Lipinski definition) is 5. The van der Waals surface area contributed by atoms with Gasteiger partial charge in [-0.15, -0.1) is 5.10 Å². The average Bonchev–Trinajstić information content (AvgIpc) is 2.67. The molecule has 8 heteroatoms. The maximum Gasteiger partial charge on any atom is 0.279 e. The van der Waals surface area contributed by atoms with Gasteiger partial charge in [-0.1, -0.05) is 30.8 Å². The van der Waals surface area contributed by atoms with Gasteiger partial charge in [0, 0.05) is 11.0 Å². The van der Waals surface area contributed by atoms with Crippen LogP contribution in [0.5, 0.6) is 0 Å². The Morgan fingerprint density at radius 2 is 1.89 bits per heavy atom. The second kappa shape index (κ2) is 7.56. The van der Waals surface area contributed by atoms with Crippen LogP contribution in [0.4, 0.5) is 8.78 Å². The highest BCUT2D eigenvalue weighted by Gasteiger charge is 2.20. The summed E-state index contributed by atoms with van der Waals surface area (Å²) in [5.74, 6) is -0.947. The summed E-state index contributed by atoms with van der Waals surface area (Å²) in [7, 11) is 0. The van der Waals surface area contributed by atoms with Gasteiger partial charge in [-0.05, 0) is 35.9 Å². The van der Waals surface area contributed by atoms with Gasteiger partial charge in [0.2, 0.25) is 0 Å². The Labute approximate surface area is 160 Å². The van der Waals surface area contributed by atoms with Gasteiger partial charge in [-0.25, -0.2) is 18.8 Å². The predicted molar refractivity (Wildman–Crippen MR) is 97.2 cm³/mol. The highest BCUT2D eigenvalue weighted by molar-refractivity contribution is 5.60. The molecule has 0 aliphatic carbocycles.